The minimum Gasteiger partial charge on any atom is -0.505 e. The predicted octanol–water partition coefficient (Wildman–Crippen LogP) is 8.36. The van der Waals surface area contributed by atoms with E-state index < -0.39 is 5.97 Å². The Bertz CT molecular complexity index is 1780. The summed E-state index contributed by atoms with van der Waals surface area (Å²) in [4.78, 5) is 36.8. The summed E-state index contributed by atoms with van der Waals surface area (Å²) in [6.45, 7) is 6.90. The average molecular weight is 862 g/mol. The summed E-state index contributed by atoms with van der Waals surface area (Å²) >= 11 is 13.3. The van der Waals surface area contributed by atoms with Crippen LogP contribution in [0.15, 0.2) is 69.6 Å². The summed E-state index contributed by atoms with van der Waals surface area (Å²) in [5.74, 6) is -0.773. The van der Waals surface area contributed by atoms with E-state index in [9.17, 15) is 24.6 Å². The number of fused-ring (bicyclic) bond motifs is 2. The van der Waals surface area contributed by atoms with Gasteiger partial charge in [0.05, 0.1) is 34.3 Å². The second kappa shape index (κ2) is 15.2. The number of Topliss-reactive ketones (excluding diaryl/α,β-unsaturated/α-hetero) is 1. The van der Waals surface area contributed by atoms with Crippen molar-refractivity contribution in [2.75, 3.05) is 33.0 Å². The molecule has 0 saturated heterocycles. The Morgan fingerprint density at radius 2 is 1.59 bits per heavy atom. The van der Waals surface area contributed by atoms with Gasteiger partial charge in [0.2, 0.25) is 5.43 Å². The van der Waals surface area contributed by atoms with E-state index in [1.807, 2.05) is 0 Å². The number of allylic oxidation sites excluding steroid dienone is 1. The van der Waals surface area contributed by atoms with Crippen LogP contribution in [0.25, 0.3) is 33.4 Å². The summed E-state index contributed by atoms with van der Waals surface area (Å²) in [5, 5.41) is 21.2. The highest BCUT2D eigenvalue weighted by Crippen LogP contribution is 2.49. The van der Waals surface area contributed by atoms with Gasteiger partial charge in [-0.15, -0.1) is 0 Å². The molecule has 2 N–H and O–H groups in total. The molecule has 1 heterocycles. The van der Waals surface area contributed by atoms with Crippen LogP contribution in [0, 0.1) is 0 Å². The molecule has 4 rings (SSSR count). The molecule has 0 aromatic heterocycles. The maximum absolute atomic E-state index is 12.7. The van der Waals surface area contributed by atoms with E-state index in [1.54, 1.807) is 31.2 Å². The molecule has 1 aliphatic heterocycles. The van der Waals surface area contributed by atoms with Crippen molar-refractivity contribution in [3.8, 4) is 33.9 Å². The number of ketones is 1. The van der Waals surface area contributed by atoms with E-state index in [0.717, 1.165) is 0 Å². The lowest BCUT2D eigenvalue weighted by atomic mass is 9.90. The second-order valence-electron chi connectivity index (χ2n) is 9.65. The number of aromatic carboxylic acids is 1. The largest absolute Gasteiger partial charge is 0.505 e. The fourth-order valence-corrected chi connectivity index (χ4v) is 6.78. The lowest BCUT2D eigenvalue weighted by Gasteiger charge is -2.20. The number of carboxylic acid groups (broad SMARTS) is 1. The molecule has 0 unspecified atom stereocenters. The zero-order chi connectivity index (χ0) is 32.1. The Labute approximate surface area is 286 Å². The van der Waals surface area contributed by atoms with Crippen molar-refractivity contribution in [2.24, 2.45) is 0 Å². The molecule has 0 spiro atoms. The number of ether oxygens (including phenoxy) is 3. The van der Waals surface area contributed by atoms with E-state index in [4.69, 9.17) is 18.6 Å². The number of phenols is 1. The van der Waals surface area contributed by atoms with Gasteiger partial charge in [-0.2, -0.15) is 0 Å². The molecule has 232 valence electrons. The molecule has 0 atom stereocenters. The number of benzene rings is 3. The molecule has 2 aromatic carbocycles. The van der Waals surface area contributed by atoms with Crippen molar-refractivity contribution in [3.63, 3.8) is 0 Å². The monoisotopic (exact) mass is 858 g/mol. The third-order valence-corrected chi connectivity index (χ3v) is 9.20. The third-order valence-electron chi connectivity index (χ3n) is 6.55. The lowest BCUT2D eigenvalue weighted by molar-refractivity contribution is -0.115. The average Bonchev–Trinajstić information content (AvgIpc) is 2.99. The highest BCUT2D eigenvalue weighted by molar-refractivity contribution is 9.11. The second-order valence-corrected chi connectivity index (χ2v) is 12.9. The van der Waals surface area contributed by atoms with E-state index in [-0.39, 0.29) is 60.5 Å². The van der Waals surface area contributed by atoms with Gasteiger partial charge in [0.25, 0.3) is 0 Å². The highest BCUT2D eigenvalue weighted by atomic mass is 79.9. The molecule has 0 radical (unpaired) electrons. The highest BCUT2D eigenvalue weighted by Gasteiger charge is 2.27. The van der Waals surface area contributed by atoms with E-state index in [1.165, 1.54) is 6.07 Å². The Hall–Kier alpha value is -2.55. The van der Waals surface area contributed by atoms with Crippen molar-refractivity contribution in [1.82, 2.24) is 0 Å². The number of phenolic OH excluding ortho intramolecular Hbond substituents is 1. The van der Waals surface area contributed by atoms with Crippen molar-refractivity contribution < 1.29 is 38.4 Å². The first-order valence-corrected chi connectivity index (χ1v) is 16.4. The number of rotatable bonds is 14. The van der Waals surface area contributed by atoms with Crippen molar-refractivity contribution in [2.45, 2.75) is 19.8 Å². The van der Waals surface area contributed by atoms with E-state index in [2.05, 4.69) is 70.3 Å². The molecule has 13 heteroatoms. The molecule has 44 heavy (non-hydrogen) atoms. The molecule has 0 bridgehead atoms. The van der Waals surface area contributed by atoms with Gasteiger partial charge in [-0.1, -0.05) is 6.58 Å². The van der Waals surface area contributed by atoms with Gasteiger partial charge < -0.3 is 28.8 Å². The van der Waals surface area contributed by atoms with Gasteiger partial charge >= 0.3 is 5.97 Å². The van der Waals surface area contributed by atoms with Gasteiger partial charge in [-0.3, -0.25) is 9.59 Å². The molecule has 9 nitrogen and oxygen atoms in total. The Balaban J connectivity index is 1.55. The summed E-state index contributed by atoms with van der Waals surface area (Å²) < 4.78 is 23.8. The number of halogens is 4. The normalized spacial score (nSPS) is 11.3. The van der Waals surface area contributed by atoms with Crippen molar-refractivity contribution in [1.29, 1.82) is 0 Å². The maximum Gasteiger partial charge on any atom is 0.336 e. The fraction of sp³-hybridized carbons (Fsp3) is 0.258. The minimum absolute atomic E-state index is 0.0301. The Kier molecular flexibility index (Phi) is 11.8. The maximum atomic E-state index is 12.7. The first kappa shape index (κ1) is 34.3. The van der Waals surface area contributed by atoms with E-state index in [0.29, 0.717) is 70.5 Å². The Morgan fingerprint density at radius 3 is 2.27 bits per heavy atom. The summed E-state index contributed by atoms with van der Waals surface area (Å²) in [7, 11) is 0. The molecule has 2 aliphatic rings. The zero-order valence-electron chi connectivity index (χ0n) is 23.3. The van der Waals surface area contributed by atoms with Crippen molar-refractivity contribution >= 4 is 86.4 Å². The summed E-state index contributed by atoms with van der Waals surface area (Å²) in [6.07, 6.45) is 1.02. The van der Waals surface area contributed by atoms with Crippen LogP contribution in [-0.4, -0.2) is 55.0 Å². The first-order valence-electron chi connectivity index (χ1n) is 13.2. The van der Waals surface area contributed by atoms with Crippen LogP contribution in [0.2, 0.25) is 0 Å². The van der Waals surface area contributed by atoms with Gasteiger partial charge in [0.1, 0.15) is 27.1 Å². The quantitative estimate of drug-likeness (QED) is 0.0730. The van der Waals surface area contributed by atoms with Gasteiger partial charge in [-0.05, 0) is 119 Å². The molecule has 0 saturated carbocycles. The van der Waals surface area contributed by atoms with Crippen molar-refractivity contribution in [3.05, 3.63) is 76.2 Å². The van der Waals surface area contributed by atoms with Crippen LogP contribution >= 0.6 is 63.7 Å². The van der Waals surface area contributed by atoms with Gasteiger partial charge in [-0.25, -0.2) is 4.79 Å². The molecule has 0 fully saturated rings. The van der Waals surface area contributed by atoms with E-state index >= 15 is 0 Å². The number of hydrogen-bond acceptors (Lipinski definition) is 8. The van der Waals surface area contributed by atoms with Crippen LogP contribution in [0.4, 0.5) is 0 Å². The Morgan fingerprint density at radius 1 is 0.909 bits per heavy atom. The minimum atomic E-state index is -1.19. The molecule has 1 aliphatic carbocycles. The zero-order valence-corrected chi connectivity index (χ0v) is 29.7. The SMILES string of the molecule is C=C(C)C(=O)CCCOCCOCCOc1ccc(-c2c3cc(Br)c(=O)c(Br)c-3oc3c(Br)c(O)c(Br)cc23)c(C(=O)O)c1. The third kappa shape index (κ3) is 7.63. The lowest BCUT2D eigenvalue weighted by Crippen LogP contribution is -2.12. The topological polar surface area (TPSA) is 132 Å². The van der Waals surface area contributed by atoms with Crippen LogP contribution in [0.1, 0.15) is 30.1 Å². The number of hydrogen-bond donors (Lipinski definition) is 2. The van der Waals surface area contributed by atoms with Crippen LogP contribution < -0.4 is 10.2 Å². The van der Waals surface area contributed by atoms with Crippen LogP contribution in [0.5, 0.6) is 11.5 Å². The van der Waals surface area contributed by atoms with Gasteiger partial charge in [0.15, 0.2) is 17.1 Å². The van der Waals surface area contributed by atoms with Crippen LogP contribution in [0.3, 0.4) is 0 Å². The summed E-state index contributed by atoms with van der Waals surface area (Å²) in [6, 6.07) is 7.90. The molecule has 0 amide bonds. The smallest absolute Gasteiger partial charge is 0.336 e. The molecular weight excluding hydrogens is 836 g/mol. The number of carbonyl (C=O) groups excluding carboxylic acids is 1. The molecule has 2 aromatic rings. The molecular formula is C31H26Br4O9. The number of carbonyl (C=O) groups is 2. The number of aromatic hydroxyl groups is 1. The standard InChI is InChI=1S/C31H26Br4O9/c1-15(2)23(36)4-3-7-41-8-9-42-10-11-43-16-5-6-17(18(12-16)31(39)40)24-19-13-21(32)27(37)25(34)29(19)44-30-20(24)14-22(33)28(38)26(30)35/h5-6,12-14,37H,1,3-4,7-11H2,2H3,(H,39,40). The first-order chi connectivity index (χ1) is 20.9. The summed E-state index contributed by atoms with van der Waals surface area (Å²) in [5.41, 5.74) is 1.64. The number of carboxylic acids is 1. The fourth-order valence-electron chi connectivity index (χ4n) is 4.38. The predicted molar refractivity (Wildman–Crippen MR) is 180 cm³/mol. The van der Waals surface area contributed by atoms with Gasteiger partial charge in [0, 0.05) is 29.5 Å². The van der Waals surface area contributed by atoms with Crippen LogP contribution in [-0.2, 0) is 14.3 Å².